The molecule has 33 heavy (non-hydrogen) atoms. The van der Waals surface area contributed by atoms with Crippen LogP contribution in [0.4, 0.5) is 5.82 Å². The minimum Gasteiger partial charge on any atom is -0.470 e. The summed E-state index contributed by atoms with van der Waals surface area (Å²) < 4.78 is 34.1. The van der Waals surface area contributed by atoms with Gasteiger partial charge in [0.2, 0.25) is 5.82 Å². The zero-order valence-electron chi connectivity index (χ0n) is 17.4. The number of anilines is 1. The lowest BCUT2D eigenvalue weighted by Gasteiger charge is -2.14. The van der Waals surface area contributed by atoms with Crippen molar-refractivity contribution in [3.63, 3.8) is 0 Å². The average molecular weight is 501 g/mol. The molecule has 0 radical (unpaired) electrons. The van der Waals surface area contributed by atoms with Gasteiger partial charge in [-0.25, -0.2) is 18.4 Å². The van der Waals surface area contributed by atoms with Gasteiger partial charge in [-0.3, -0.25) is 9.71 Å². The number of hydrogen-bond acceptors (Lipinski definition) is 6. The summed E-state index contributed by atoms with van der Waals surface area (Å²) in [6.07, 6.45) is 4.70. The molecule has 1 N–H and O–H groups in total. The van der Waals surface area contributed by atoms with E-state index in [9.17, 15) is 8.42 Å². The van der Waals surface area contributed by atoms with E-state index in [0.29, 0.717) is 21.3 Å². The second-order valence-electron chi connectivity index (χ2n) is 7.10. The fraction of sp³-hybridized carbons (Fsp3) is 0.0870. The molecule has 7 nitrogen and oxygen atoms in total. The molecule has 0 aliphatic heterocycles. The number of hydrogen-bond donors (Lipinski definition) is 1. The Morgan fingerprint density at radius 1 is 1.03 bits per heavy atom. The van der Waals surface area contributed by atoms with Gasteiger partial charge in [0.1, 0.15) is 6.61 Å². The van der Waals surface area contributed by atoms with Crippen LogP contribution in [-0.2, 0) is 16.6 Å². The van der Waals surface area contributed by atoms with Gasteiger partial charge in [-0.2, -0.15) is 0 Å². The van der Waals surface area contributed by atoms with Crippen molar-refractivity contribution in [2.24, 2.45) is 0 Å². The number of ether oxygens (including phenoxy) is 1. The summed E-state index contributed by atoms with van der Waals surface area (Å²) in [5.74, 6) is -0.0497. The van der Waals surface area contributed by atoms with Crippen molar-refractivity contribution >= 4 is 39.0 Å². The lowest BCUT2D eigenvalue weighted by molar-refractivity contribution is 0.294. The Kier molecular flexibility index (Phi) is 6.78. The lowest BCUT2D eigenvalue weighted by atomic mass is 10.1. The highest BCUT2D eigenvalue weighted by molar-refractivity contribution is 7.92. The fourth-order valence-electron chi connectivity index (χ4n) is 2.91. The molecular weight excluding hydrogens is 483 g/mol. The molecule has 0 aliphatic rings. The van der Waals surface area contributed by atoms with E-state index in [1.807, 2.05) is 13.0 Å². The number of nitrogens with zero attached hydrogens (tertiary/aromatic N) is 3. The minimum atomic E-state index is -3.92. The summed E-state index contributed by atoms with van der Waals surface area (Å²) in [6, 6.07) is 15.0. The van der Waals surface area contributed by atoms with Gasteiger partial charge >= 0.3 is 0 Å². The second-order valence-corrected chi connectivity index (χ2v) is 9.63. The van der Waals surface area contributed by atoms with Crippen LogP contribution in [0.25, 0.3) is 11.3 Å². The first-order valence-electron chi connectivity index (χ1n) is 9.75. The molecule has 0 aliphatic carbocycles. The predicted molar refractivity (Wildman–Crippen MR) is 128 cm³/mol. The highest BCUT2D eigenvalue weighted by atomic mass is 35.5. The fourth-order valence-corrected chi connectivity index (χ4v) is 4.42. The summed E-state index contributed by atoms with van der Waals surface area (Å²) in [7, 11) is -3.92. The first kappa shape index (κ1) is 23.0. The molecule has 168 valence electrons. The first-order chi connectivity index (χ1) is 15.8. The summed E-state index contributed by atoms with van der Waals surface area (Å²) in [5.41, 5.74) is 2.70. The van der Waals surface area contributed by atoms with E-state index in [2.05, 4.69) is 19.7 Å². The lowest BCUT2D eigenvalue weighted by Crippen LogP contribution is -2.16. The predicted octanol–water partition coefficient (Wildman–Crippen LogP) is 5.53. The first-order valence-corrected chi connectivity index (χ1v) is 12.0. The molecule has 0 saturated heterocycles. The number of aromatic nitrogens is 3. The van der Waals surface area contributed by atoms with Gasteiger partial charge in [0.15, 0.2) is 0 Å². The van der Waals surface area contributed by atoms with E-state index in [1.54, 1.807) is 48.8 Å². The number of nitrogens with one attached hydrogen (secondary N) is 1. The monoisotopic (exact) mass is 500 g/mol. The third kappa shape index (κ3) is 5.60. The van der Waals surface area contributed by atoms with Crippen molar-refractivity contribution < 1.29 is 13.2 Å². The molecule has 4 rings (SSSR count). The summed E-state index contributed by atoms with van der Waals surface area (Å²) in [4.78, 5) is 12.9. The summed E-state index contributed by atoms with van der Waals surface area (Å²) >= 11 is 12.3. The maximum Gasteiger partial charge on any atom is 0.263 e. The van der Waals surface area contributed by atoms with Gasteiger partial charge in [0, 0.05) is 28.5 Å². The van der Waals surface area contributed by atoms with Crippen molar-refractivity contribution in [1.82, 2.24) is 15.0 Å². The molecule has 0 amide bonds. The smallest absolute Gasteiger partial charge is 0.263 e. The van der Waals surface area contributed by atoms with Crippen LogP contribution in [0.3, 0.4) is 0 Å². The maximum absolute atomic E-state index is 12.9. The number of aryl methyl sites for hydroxylation is 1. The second kappa shape index (κ2) is 9.74. The van der Waals surface area contributed by atoms with E-state index in [1.165, 1.54) is 18.3 Å². The molecule has 10 heteroatoms. The number of rotatable bonds is 7. The molecule has 2 aromatic heterocycles. The maximum atomic E-state index is 12.9. The Morgan fingerprint density at radius 2 is 1.82 bits per heavy atom. The Hall–Kier alpha value is -3.20. The Labute approximate surface area is 201 Å². The number of halogens is 2. The van der Waals surface area contributed by atoms with E-state index < -0.39 is 10.0 Å². The van der Waals surface area contributed by atoms with Crippen LogP contribution in [0.5, 0.6) is 5.88 Å². The Morgan fingerprint density at radius 3 is 2.52 bits per heavy atom. The van der Waals surface area contributed by atoms with Crippen molar-refractivity contribution in [3.05, 3.63) is 94.4 Å². The highest BCUT2D eigenvalue weighted by Gasteiger charge is 2.20. The van der Waals surface area contributed by atoms with Gasteiger partial charge in [0.05, 0.1) is 21.8 Å². The highest BCUT2D eigenvalue weighted by Crippen LogP contribution is 2.32. The van der Waals surface area contributed by atoms with E-state index in [-0.39, 0.29) is 23.2 Å². The molecule has 4 aromatic rings. The average Bonchev–Trinajstić information content (AvgIpc) is 2.79. The van der Waals surface area contributed by atoms with Crippen molar-refractivity contribution in [2.75, 3.05) is 4.72 Å². The van der Waals surface area contributed by atoms with Crippen LogP contribution in [0.2, 0.25) is 10.0 Å². The quantitative estimate of drug-likeness (QED) is 0.358. The SMILES string of the molecule is Cc1ccc(S(=O)(=O)Nc2ncc(-c3ccc(Cl)cc3Cl)nc2OCc2cccnc2)cc1. The van der Waals surface area contributed by atoms with Gasteiger partial charge in [-0.15, -0.1) is 0 Å². The van der Waals surface area contributed by atoms with Gasteiger partial charge in [-0.1, -0.05) is 47.0 Å². The minimum absolute atomic E-state index is 0.00180. The van der Waals surface area contributed by atoms with Gasteiger partial charge in [0.25, 0.3) is 15.9 Å². The topological polar surface area (TPSA) is 94.1 Å². The van der Waals surface area contributed by atoms with E-state index in [4.69, 9.17) is 27.9 Å². The van der Waals surface area contributed by atoms with Crippen LogP contribution >= 0.6 is 23.2 Å². The molecule has 0 fully saturated rings. The molecule has 0 unspecified atom stereocenters. The molecule has 0 saturated carbocycles. The van der Waals surface area contributed by atoms with Crippen LogP contribution in [-0.4, -0.2) is 23.4 Å². The van der Waals surface area contributed by atoms with Crippen LogP contribution in [0.1, 0.15) is 11.1 Å². The molecule has 2 aromatic carbocycles. The Balaban J connectivity index is 1.70. The van der Waals surface area contributed by atoms with Crippen LogP contribution in [0, 0.1) is 6.92 Å². The zero-order chi connectivity index (χ0) is 23.4. The standard InChI is InChI=1S/C23H18Cl2N4O3S/c1-15-4-7-18(8-5-15)33(30,31)29-22-23(32-14-16-3-2-10-26-12-16)28-21(13-27-22)19-9-6-17(24)11-20(19)25/h2-13H,14H2,1H3,(H,27,29). The third-order valence-corrected chi connectivity index (χ3v) is 6.51. The normalized spacial score (nSPS) is 11.2. The largest absolute Gasteiger partial charge is 0.470 e. The van der Waals surface area contributed by atoms with Gasteiger partial charge < -0.3 is 4.74 Å². The molecular formula is C23H18Cl2N4O3S. The Bertz CT molecular complexity index is 1380. The third-order valence-electron chi connectivity index (χ3n) is 4.61. The van der Waals surface area contributed by atoms with Crippen LogP contribution in [0.15, 0.2) is 78.1 Å². The van der Waals surface area contributed by atoms with Crippen molar-refractivity contribution in [1.29, 1.82) is 0 Å². The molecule has 2 heterocycles. The van der Waals surface area contributed by atoms with E-state index >= 15 is 0 Å². The molecule has 0 atom stereocenters. The van der Waals surface area contributed by atoms with Crippen LogP contribution < -0.4 is 9.46 Å². The zero-order valence-corrected chi connectivity index (χ0v) is 19.7. The summed E-state index contributed by atoms with van der Waals surface area (Å²) in [5, 5.41) is 0.857. The van der Waals surface area contributed by atoms with Gasteiger partial charge in [-0.05, 0) is 43.3 Å². The number of sulfonamides is 1. The molecule has 0 spiro atoms. The number of benzene rings is 2. The number of pyridine rings is 1. The summed E-state index contributed by atoms with van der Waals surface area (Å²) in [6.45, 7) is 1.99. The molecule has 0 bridgehead atoms. The van der Waals surface area contributed by atoms with E-state index in [0.717, 1.165) is 11.1 Å². The van der Waals surface area contributed by atoms with Crippen molar-refractivity contribution in [2.45, 2.75) is 18.4 Å². The van der Waals surface area contributed by atoms with Crippen molar-refractivity contribution in [3.8, 4) is 17.1 Å².